The zero-order valence-electron chi connectivity index (χ0n) is 17.0. The lowest BCUT2D eigenvalue weighted by Gasteiger charge is -2.14. The summed E-state index contributed by atoms with van der Waals surface area (Å²) in [4.78, 5) is 25.8. The van der Waals surface area contributed by atoms with Crippen molar-refractivity contribution in [2.75, 3.05) is 10.6 Å². The maximum Gasteiger partial charge on any atom is 0.251 e. The molecule has 1 heterocycles. The summed E-state index contributed by atoms with van der Waals surface area (Å²) in [7, 11) is 0. The number of hydrogen-bond donors (Lipinski definition) is 2. The molecule has 0 saturated carbocycles. The molecule has 3 aromatic rings. The normalized spacial score (nSPS) is 11.9. The van der Waals surface area contributed by atoms with Gasteiger partial charge in [0.1, 0.15) is 0 Å². The van der Waals surface area contributed by atoms with Crippen LogP contribution in [0.15, 0.2) is 48.5 Å². The Bertz CT molecular complexity index is 1010. The predicted molar refractivity (Wildman–Crippen MR) is 116 cm³/mol. The standard InChI is InChI=1S/C21H23ClN6O2/c1-4-18(28-26-19(25-27-28)14-5-7-15(22)8-6-14)21(30)24-17-11-9-16(10-12-17)23-20(29)13(2)3/h5-13,18H,4H2,1-3H3,(H,23,29)(H,24,30). The summed E-state index contributed by atoms with van der Waals surface area (Å²) in [5.41, 5.74) is 2.04. The van der Waals surface area contributed by atoms with Gasteiger partial charge in [0, 0.05) is 27.9 Å². The topological polar surface area (TPSA) is 102 Å². The van der Waals surface area contributed by atoms with Gasteiger partial charge in [0.2, 0.25) is 11.7 Å². The fraction of sp³-hybridized carbons (Fsp3) is 0.286. The van der Waals surface area contributed by atoms with Crippen LogP contribution in [0.25, 0.3) is 11.4 Å². The molecule has 9 heteroatoms. The minimum Gasteiger partial charge on any atom is -0.326 e. The molecule has 156 valence electrons. The SMILES string of the molecule is CCC(C(=O)Nc1ccc(NC(=O)C(C)C)cc1)n1nnc(-c2ccc(Cl)cc2)n1. The number of rotatable bonds is 7. The molecule has 2 N–H and O–H groups in total. The number of anilines is 2. The number of carbonyl (C=O) groups excluding carboxylic acids is 2. The quantitative estimate of drug-likeness (QED) is 0.590. The van der Waals surface area contributed by atoms with Crippen LogP contribution in [0.3, 0.4) is 0 Å². The fourth-order valence-electron chi connectivity index (χ4n) is 2.67. The van der Waals surface area contributed by atoms with E-state index in [-0.39, 0.29) is 17.7 Å². The Hall–Kier alpha value is -3.26. The van der Waals surface area contributed by atoms with Gasteiger partial charge in [-0.2, -0.15) is 4.80 Å². The summed E-state index contributed by atoms with van der Waals surface area (Å²) in [6.45, 7) is 5.52. The molecule has 0 aliphatic carbocycles. The summed E-state index contributed by atoms with van der Waals surface area (Å²) in [6, 6.07) is 13.4. The summed E-state index contributed by atoms with van der Waals surface area (Å²) >= 11 is 5.91. The predicted octanol–water partition coefficient (Wildman–Crippen LogP) is 4.18. The zero-order chi connectivity index (χ0) is 21.7. The monoisotopic (exact) mass is 426 g/mol. The molecule has 8 nitrogen and oxygen atoms in total. The van der Waals surface area contributed by atoms with Crippen molar-refractivity contribution in [2.24, 2.45) is 5.92 Å². The fourth-order valence-corrected chi connectivity index (χ4v) is 2.80. The first-order valence-corrected chi connectivity index (χ1v) is 10.0. The van der Waals surface area contributed by atoms with Gasteiger partial charge in [-0.1, -0.05) is 32.4 Å². The first-order chi connectivity index (χ1) is 14.4. The minimum atomic E-state index is -0.612. The van der Waals surface area contributed by atoms with E-state index in [0.717, 1.165) is 5.56 Å². The van der Waals surface area contributed by atoms with E-state index >= 15 is 0 Å². The van der Waals surface area contributed by atoms with Crippen molar-refractivity contribution < 1.29 is 9.59 Å². The van der Waals surface area contributed by atoms with Crippen LogP contribution in [-0.2, 0) is 9.59 Å². The highest BCUT2D eigenvalue weighted by molar-refractivity contribution is 6.30. The summed E-state index contributed by atoms with van der Waals surface area (Å²) in [6.07, 6.45) is 0.491. The first-order valence-electron chi connectivity index (χ1n) is 9.64. The zero-order valence-corrected chi connectivity index (χ0v) is 17.7. The molecule has 0 spiro atoms. The van der Waals surface area contributed by atoms with Crippen molar-refractivity contribution in [1.29, 1.82) is 0 Å². The maximum atomic E-state index is 12.8. The Kier molecular flexibility index (Phi) is 6.79. The van der Waals surface area contributed by atoms with Crippen LogP contribution < -0.4 is 10.6 Å². The van der Waals surface area contributed by atoms with E-state index in [1.54, 1.807) is 48.5 Å². The highest BCUT2D eigenvalue weighted by atomic mass is 35.5. The number of aromatic nitrogens is 4. The second-order valence-corrected chi connectivity index (χ2v) is 7.51. The third-order valence-electron chi connectivity index (χ3n) is 4.44. The van der Waals surface area contributed by atoms with Crippen molar-refractivity contribution in [2.45, 2.75) is 33.2 Å². The van der Waals surface area contributed by atoms with Crippen LogP contribution in [0.1, 0.15) is 33.2 Å². The number of nitrogens with one attached hydrogen (secondary N) is 2. The third-order valence-corrected chi connectivity index (χ3v) is 4.70. The molecule has 1 unspecified atom stereocenters. The lowest BCUT2D eigenvalue weighted by Crippen LogP contribution is -2.27. The average Bonchev–Trinajstić information content (AvgIpc) is 3.20. The Morgan fingerprint density at radius 1 is 0.967 bits per heavy atom. The average molecular weight is 427 g/mol. The first kappa shape index (κ1) is 21.4. The molecule has 3 rings (SSSR count). The van der Waals surface area contributed by atoms with Gasteiger partial charge in [0.25, 0.3) is 5.91 Å². The minimum absolute atomic E-state index is 0.0634. The summed E-state index contributed by atoms with van der Waals surface area (Å²) in [5, 5.41) is 18.7. The molecule has 0 bridgehead atoms. The van der Waals surface area contributed by atoms with Gasteiger partial charge in [-0.3, -0.25) is 9.59 Å². The van der Waals surface area contributed by atoms with E-state index in [4.69, 9.17) is 11.6 Å². The van der Waals surface area contributed by atoms with Crippen LogP contribution in [0, 0.1) is 5.92 Å². The Labute approximate surface area is 179 Å². The molecule has 1 atom stereocenters. The largest absolute Gasteiger partial charge is 0.326 e. The highest BCUT2D eigenvalue weighted by Gasteiger charge is 2.22. The van der Waals surface area contributed by atoms with Gasteiger partial charge >= 0.3 is 0 Å². The van der Waals surface area contributed by atoms with Gasteiger partial charge in [-0.25, -0.2) is 0 Å². The molecule has 1 aromatic heterocycles. The molecule has 2 aromatic carbocycles. The van der Waals surface area contributed by atoms with Crippen LogP contribution in [-0.4, -0.2) is 32.0 Å². The lowest BCUT2D eigenvalue weighted by molar-refractivity contribution is -0.120. The van der Waals surface area contributed by atoms with Gasteiger partial charge in [-0.05, 0) is 60.2 Å². The van der Waals surface area contributed by atoms with Gasteiger partial charge in [0.15, 0.2) is 6.04 Å². The number of hydrogen-bond acceptors (Lipinski definition) is 5. The van der Waals surface area contributed by atoms with E-state index < -0.39 is 6.04 Å². The van der Waals surface area contributed by atoms with E-state index in [1.807, 2.05) is 20.8 Å². The van der Waals surface area contributed by atoms with E-state index in [9.17, 15) is 9.59 Å². The molecule has 0 saturated heterocycles. The number of carbonyl (C=O) groups is 2. The Morgan fingerprint density at radius 3 is 2.07 bits per heavy atom. The molecular weight excluding hydrogens is 404 g/mol. The second kappa shape index (κ2) is 9.49. The highest BCUT2D eigenvalue weighted by Crippen LogP contribution is 2.20. The maximum absolute atomic E-state index is 12.8. The van der Waals surface area contributed by atoms with Crippen molar-refractivity contribution in [3.8, 4) is 11.4 Å². The van der Waals surface area contributed by atoms with Crippen molar-refractivity contribution in [3.05, 3.63) is 53.6 Å². The van der Waals surface area contributed by atoms with Gasteiger partial charge in [-0.15, -0.1) is 10.2 Å². The molecule has 2 amide bonds. The molecule has 0 aliphatic heterocycles. The number of nitrogens with zero attached hydrogens (tertiary/aromatic N) is 4. The number of halogens is 1. The van der Waals surface area contributed by atoms with Crippen LogP contribution >= 0.6 is 11.6 Å². The van der Waals surface area contributed by atoms with Gasteiger partial charge < -0.3 is 10.6 Å². The molecular formula is C21H23ClN6O2. The smallest absolute Gasteiger partial charge is 0.251 e. The van der Waals surface area contributed by atoms with Crippen molar-refractivity contribution >= 4 is 34.8 Å². The van der Waals surface area contributed by atoms with E-state index in [2.05, 4.69) is 26.0 Å². The number of amides is 2. The van der Waals surface area contributed by atoms with Gasteiger partial charge in [0.05, 0.1) is 0 Å². The molecule has 0 fully saturated rings. The number of tetrazole rings is 1. The van der Waals surface area contributed by atoms with Crippen molar-refractivity contribution in [3.63, 3.8) is 0 Å². The molecule has 0 radical (unpaired) electrons. The van der Waals surface area contributed by atoms with E-state index in [1.165, 1.54) is 4.80 Å². The summed E-state index contributed by atoms with van der Waals surface area (Å²) in [5.74, 6) is -0.00565. The van der Waals surface area contributed by atoms with Crippen molar-refractivity contribution in [1.82, 2.24) is 20.2 Å². The molecule has 30 heavy (non-hydrogen) atoms. The Morgan fingerprint density at radius 2 is 1.53 bits per heavy atom. The van der Waals surface area contributed by atoms with Crippen LogP contribution in [0.4, 0.5) is 11.4 Å². The third kappa shape index (κ3) is 5.21. The number of benzene rings is 2. The van der Waals surface area contributed by atoms with Crippen LogP contribution in [0.5, 0.6) is 0 Å². The Balaban J connectivity index is 1.68. The second-order valence-electron chi connectivity index (χ2n) is 7.07. The van der Waals surface area contributed by atoms with E-state index in [0.29, 0.717) is 28.6 Å². The lowest BCUT2D eigenvalue weighted by atomic mass is 10.2. The molecule has 0 aliphatic rings. The summed E-state index contributed by atoms with van der Waals surface area (Å²) < 4.78 is 0. The van der Waals surface area contributed by atoms with Crippen LogP contribution in [0.2, 0.25) is 5.02 Å².